The SMILES string of the molecule is [CH2]CCCC=CCCCC[CH]C. The number of hydrogen-bond donors (Lipinski definition) is 0. The lowest BCUT2D eigenvalue weighted by Crippen LogP contribution is -1.74. The van der Waals surface area contributed by atoms with Crippen molar-refractivity contribution >= 4 is 0 Å². The van der Waals surface area contributed by atoms with Gasteiger partial charge in [-0.2, -0.15) is 0 Å². The molecule has 0 heterocycles. The second-order valence-corrected chi connectivity index (χ2v) is 3.16. The van der Waals surface area contributed by atoms with Gasteiger partial charge in [0.05, 0.1) is 0 Å². The van der Waals surface area contributed by atoms with Gasteiger partial charge in [0.25, 0.3) is 0 Å². The lowest BCUT2D eigenvalue weighted by Gasteiger charge is -1.93. The molecule has 2 radical (unpaired) electrons. The molecule has 0 aromatic heterocycles. The third kappa shape index (κ3) is 9.74. The summed E-state index contributed by atoms with van der Waals surface area (Å²) >= 11 is 0. The Morgan fingerprint density at radius 3 is 2.08 bits per heavy atom. The predicted octanol–water partition coefficient (Wildman–Crippen LogP) is 4.33. The summed E-state index contributed by atoms with van der Waals surface area (Å²) in [5.74, 6) is 0. The second kappa shape index (κ2) is 10.7. The highest BCUT2D eigenvalue weighted by molar-refractivity contribution is 4.81. The zero-order chi connectivity index (χ0) is 9.07. The van der Waals surface area contributed by atoms with E-state index in [0.717, 1.165) is 6.42 Å². The Balaban J connectivity index is 2.92. The van der Waals surface area contributed by atoms with Crippen molar-refractivity contribution in [3.8, 4) is 0 Å². The topological polar surface area (TPSA) is 0 Å². The maximum atomic E-state index is 3.81. The van der Waals surface area contributed by atoms with Gasteiger partial charge in [0.1, 0.15) is 0 Å². The minimum absolute atomic E-state index is 1.06. The first-order valence-corrected chi connectivity index (χ1v) is 5.14. The molecule has 0 aromatic carbocycles. The normalized spacial score (nSPS) is 11.2. The molecule has 0 aliphatic carbocycles. The largest absolute Gasteiger partial charge is 0.0885 e. The second-order valence-electron chi connectivity index (χ2n) is 3.16. The van der Waals surface area contributed by atoms with Crippen LogP contribution in [0.1, 0.15) is 51.9 Å². The number of rotatable bonds is 8. The van der Waals surface area contributed by atoms with Crippen molar-refractivity contribution < 1.29 is 0 Å². The maximum Gasteiger partial charge on any atom is -0.0351 e. The maximum absolute atomic E-state index is 3.81. The summed E-state index contributed by atoms with van der Waals surface area (Å²) in [5, 5.41) is 0. The van der Waals surface area contributed by atoms with Crippen LogP contribution in [0.3, 0.4) is 0 Å². The Bertz CT molecular complexity index is 92.2. The van der Waals surface area contributed by atoms with E-state index in [2.05, 4.69) is 32.4 Å². The van der Waals surface area contributed by atoms with E-state index >= 15 is 0 Å². The average Bonchev–Trinajstić information content (AvgIpc) is 2.10. The van der Waals surface area contributed by atoms with Crippen LogP contribution < -0.4 is 0 Å². The first-order valence-electron chi connectivity index (χ1n) is 5.14. The predicted molar refractivity (Wildman–Crippen MR) is 56.8 cm³/mol. The Morgan fingerprint density at radius 2 is 1.50 bits per heavy atom. The molecule has 0 heteroatoms. The smallest absolute Gasteiger partial charge is 0.0351 e. The molecule has 0 aliphatic heterocycles. The van der Waals surface area contributed by atoms with Gasteiger partial charge in [-0.05, 0) is 32.1 Å². The van der Waals surface area contributed by atoms with Gasteiger partial charge in [0.15, 0.2) is 0 Å². The van der Waals surface area contributed by atoms with Gasteiger partial charge in [0.2, 0.25) is 0 Å². The summed E-state index contributed by atoms with van der Waals surface area (Å²) < 4.78 is 0. The van der Waals surface area contributed by atoms with Crippen LogP contribution in [0.4, 0.5) is 0 Å². The number of unbranched alkanes of at least 4 members (excludes halogenated alkanes) is 6. The number of allylic oxidation sites excluding steroid dienone is 2. The van der Waals surface area contributed by atoms with Gasteiger partial charge in [-0.3, -0.25) is 0 Å². The molecule has 0 rings (SSSR count). The Labute approximate surface area is 78.1 Å². The van der Waals surface area contributed by atoms with Crippen molar-refractivity contribution in [2.24, 2.45) is 0 Å². The molecule has 0 aliphatic rings. The molecule has 0 atom stereocenters. The van der Waals surface area contributed by atoms with E-state index in [1.165, 1.54) is 38.5 Å². The lowest BCUT2D eigenvalue weighted by atomic mass is 10.1. The molecule has 0 N–H and O–H groups in total. The molecule has 12 heavy (non-hydrogen) atoms. The summed E-state index contributed by atoms with van der Waals surface area (Å²) in [6.45, 7) is 5.94. The van der Waals surface area contributed by atoms with E-state index in [0.29, 0.717) is 0 Å². The van der Waals surface area contributed by atoms with Gasteiger partial charge < -0.3 is 0 Å². The fourth-order valence-electron chi connectivity index (χ4n) is 1.11. The van der Waals surface area contributed by atoms with E-state index in [4.69, 9.17) is 0 Å². The number of hydrogen-bond acceptors (Lipinski definition) is 0. The molecule has 0 spiro atoms. The molecule has 0 saturated carbocycles. The highest BCUT2D eigenvalue weighted by atomic mass is 13.9. The fourth-order valence-corrected chi connectivity index (χ4v) is 1.11. The third-order valence-electron chi connectivity index (χ3n) is 1.90. The van der Waals surface area contributed by atoms with Crippen molar-refractivity contribution in [2.75, 3.05) is 0 Å². The van der Waals surface area contributed by atoms with Crippen LogP contribution in [0, 0.1) is 13.3 Å². The summed E-state index contributed by atoms with van der Waals surface area (Å²) in [6, 6.07) is 0. The fraction of sp³-hybridized carbons (Fsp3) is 0.667. The van der Waals surface area contributed by atoms with Crippen LogP contribution in [0.15, 0.2) is 12.2 Å². The quantitative estimate of drug-likeness (QED) is 0.372. The summed E-state index contributed by atoms with van der Waals surface area (Å²) in [4.78, 5) is 0. The Kier molecular flexibility index (Phi) is 10.5. The molecule has 0 amide bonds. The molecule has 0 aromatic rings. The van der Waals surface area contributed by atoms with E-state index in [1.807, 2.05) is 0 Å². The Hall–Kier alpha value is -0.260. The van der Waals surface area contributed by atoms with Gasteiger partial charge in [-0.1, -0.05) is 45.3 Å². The summed E-state index contributed by atoms with van der Waals surface area (Å²) in [6.07, 6.45) is 15.6. The van der Waals surface area contributed by atoms with Gasteiger partial charge >= 0.3 is 0 Å². The van der Waals surface area contributed by atoms with Crippen LogP contribution in [-0.4, -0.2) is 0 Å². The van der Waals surface area contributed by atoms with Crippen molar-refractivity contribution in [2.45, 2.75) is 51.9 Å². The van der Waals surface area contributed by atoms with Crippen LogP contribution in [-0.2, 0) is 0 Å². The minimum Gasteiger partial charge on any atom is -0.0885 e. The van der Waals surface area contributed by atoms with Crippen LogP contribution in [0.2, 0.25) is 0 Å². The lowest BCUT2D eigenvalue weighted by molar-refractivity contribution is 0.736. The van der Waals surface area contributed by atoms with Crippen LogP contribution >= 0.6 is 0 Å². The molecular formula is C12H22. The van der Waals surface area contributed by atoms with Crippen molar-refractivity contribution in [3.63, 3.8) is 0 Å². The highest BCUT2D eigenvalue weighted by Crippen LogP contribution is 2.03. The van der Waals surface area contributed by atoms with Crippen LogP contribution in [0.25, 0.3) is 0 Å². The average molecular weight is 166 g/mol. The van der Waals surface area contributed by atoms with E-state index in [9.17, 15) is 0 Å². The summed E-state index contributed by atoms with van der Waals surface area (Å²) in [7, 11) is 0. The van der Waals surface area contributed by atoms with E-state index in [-0.39, 0.29) is 0 Å². The van der Waals surface area contributed by atoms with Crippen molar-refractivity contribution in [1.29, 1.82) is 0 Å². The first-order chi connectivity index (χ1) is 5.91. The molecular weight excluding hydrogens is 144 g/mol. The molecule has 0 saturated heterocycles. The molecule has 0 bridgehead atoms. The first kappa shape index (κ1) is 11.7. The van der Waals surface area contributed by atoms with Gasteiger partial charge in [-0.25, -0.2) is 0 Å². The van der Waals surface area contributed by atoms with Crippen molar-refractivity contribution in [1.82, 2.24) is 0 Å². The van der Waals surface area contributed by atoms with Crippen LogP contribution in [0.5, 0.6) is 0 Å². The Morgan fingerprint density at radius 1 is 0.917 bits per heavy atom. The standard InChI is InChI=1S/C12H22/c1-3-5-7-9-11-12-10-8-6-4-2/h4,9,11H,1,3,5-8,10,12H2,2H3. The van der Waals surface area contributed by atoms with E-state index in [1.54, 1.807) is 0 Å². The zero-order valence-corrected chi connectivity index (χ0v) is 8.39. The van der Waals surface area contributed by atoms with Crippen molar-refractivity contribution in [3.05, 3.63) is 25.5 Å². The molecule has 0 unspecified atom stereocenters. The molecule has 0 fully saturated rings. The molecule has 70 valence electrons. The monoisotopic (exact) mass is 166 g/mol. The highest BCUT2D eigenvalue weighted by Gasteiger charge is 1.84. The zero-order valence-electron chi connectivity index (χ0n) is 8.39. The minimum atomic E-state index is 1.06. The molecule has 0 nitrogen and oxygen atoms in total. The van der Waals surface area contributed by atoms with E-state index < -0.39 is 0 Å². The summed E-state index contributed by atoms with van der Waals surface area (Å²) in [5.41, 5.74) is 0. The van der Waals surface area contributed by atoms with Gasteiger partial charge in [0, 0.05) is 0 Å². The van der Waals surface area contributed by atoms with Gasteiger partial charge in [-0.15, -0.1) is 0 Å². The third-order valence-corrected chi connectivity index (χ3v) is 1.90.